The van der Waals surface area contributed by atoms with Crippen molar-refractivity contribution in [1.29, 1.82) is 0 Å². The summed E-state index contributed by atoms with van der Waals surface area (Å²) in [6, 6.07) is 1.87. The van der Waals surface area contributed by atoms with Crippen LogP contribution in [0.3, 0.4) is 0 Å². The van der Waals surface area contributed by atoms with Crippen molar-refractivity contribution in [3.05, 3.63) is 21.0 Å². The van der Waals surface area contributed by atoms with Gasteiger partial charge in [0.05, 0.1) is 16.9 Å². The van der Waals surface area contributed by atoms with Gasteiger partial charge in [0.2, 0.25) is 0 Å². The Balaban J connectivity index is 2.51. The van der Waals surface area contributed by atoms with Crippen LogP contribution in [0.4, 0.5) is 0 Å². The van der Waals surface area contributed by atoms with Crippen LogP contribution in [0.25, 0.3) is 0 Å². The van der Waals surface area contributed by atoms with Crippen LogP contribution in [-0.4, -0.2) is 29.6 Å². The van der Waals surface area contributed by atoms with Gasteiger partial charge >= 0.3 is 5.97 Å². The van der Waals surface area contributed by atoms with Gasteiger partial charge in [-0.2, -0.15) is 0 Å². The fourth-order valence-electron chi connectivity index (χ4n) is 1.35. The summed E-state index contributed by atoms with van der Waals surface area (Å²) in [6.45, 7) is 2.76. The van der Waals surface area contributed by atoms with E-state index in [0.717, 1.165) is 10.2 Å². The summed E-state index contributed by atoms with van der Waals surface area (Å²) in [7, 11) is 1.86. The third kappa shape index (κ3) is 3.92. The van der Waals surface area contributed by atoms with Gasteiger partial charge in [0, 0.05) is 6.54 Å². The number of hydrogen-bond acceptors (Lipinski definition) is 3. The summed E-state index contributed by atoms with van der Waals surface area (Å²) in [6.07, 6.45) is 0. The van der Waals surface area contributed by atoms with Gasteiger partial charge < -0.3 is 9.52 Å². The first kappa shape index (κ1) is 13.7. The molecule has 1 N–H and O–H groups in total. The van der Waals surface area contributed by atoms with Crippen LogP contribution in [-0.2, 0) is 11.3 Å². The van der Waals surface area contributed by atoms with Crippen LogP contribution < -0.4 is 0 Å². The molecule has 0 saturated carbocycles. The maximum atomic E-state index is 10.7. The zero-order valence-electron chi connectivity index (χ0n) is 9.04. The molecule has 1 atom stereocenters. The van der Waals surface area contributed by atoms with E-state index in [1.165, 1.54) is 0 Å². The van der Waals surface area contributed by atoms with Gasteiger partial charge in [-0.3, -0.25) is 9.69 Å². The summed E-state index contributed by atoms with van der Waals surface area (Å²) in [5.41, 5.74) is 0. The Hall–Kier alpha value is -0.330. The molecule has 1 rings (SSSR count). The zero-order chi connectivity index (χ0) is 12.3. The quantitative estimate of drug-likeness (QED) is 0.883. The minimum Gasteiger partial charge on any atom is -0.481 e. The highest BCUT2D eigenvalue weighted by Crippen LogP contribution is 2.27. The normalized spacial score (nSPS) is 13.1. The van der Waals surface area contributed by atoms with Crippen molar-refractivity contribution < 1.29 is 14.3 Å². The van der Waals surface area contributed by atoms with Gasteiger partial charge in [-0.15, -0.1) is 0 Å². The molecule has 0 bridgehead atoms. The van der Waals surface area contributed by atoms with Gasteiger partial charge in [-0.05, 0) is 45.0 Å². The fraction of sp³-hybridized carbons (Fsp3) is 0.500. The molecule has 1 aromatic rings. The molecule has 0 amide bonds. The third-order valence-corrected chi connectivity index (χ3v) is 3.84. The largest absolute Gasteiger partial charge is 0.481 e. The second-order valence-corrected chi connectivity index (χ2v) is 5.34. The van der Waals surface area contributed by atoms with Crippen LogP contribution >= 0.6 is 31.9 Å². The average Bonchev–Trinajstić information content (AvgIpc) is 2.45. The smallest absolute Gasteiger partial charge is 0.307 e. The lowest BCUT2D eigenvalue weighted by Gasteiger charge is -2.17. The maximum absolute atomic E-state index is 10.7. The van der Waals surface area contributed by atoms with Gasteiger partial charge in [-0.25, -0.2) is 0 Å². The SMILES string of the molecule is CC(CN(C)Cc1cc(Br)c(Br)o1)C(=O)O. The minimum atomic E-state index is -0.784. The van der Waals surface area contributed by atoms with Crippen LogP contribution in [0.2, 0.25) is 0 Å². The number of carboxylic acids is 1. The number of hydrogen-bond donors (Lipinski definition) is 1. The van der Waals surface area contributed by atoms with Crippen molar-refractivity contribution in [2.24, 2.45) is 5.92 Å². The number of rotatable bonds is 5. The van der Waals surface area contributed by atoms with Gasteiger partial charge in [0.15, 0.2) is 4.67 Å². The lowest BCUT2D eigenvalue weighted by Crippen LogP contribution is -2.28. The first-order valence-corrected chi connectivity index (χ1v) is 6.33. The Bertz CT molecular complexity index is 359. The average molecular weight is 355 g/mol. The Kier molecular flexibility index (Phi) is 5.01. The van der Waals surface area contributed by atoms with Crippen molar-refractivity contribution in [3.63, 3.8) is 0 Å². The summed E-state index contributed by atoms with van der Waals surface area (Å²) in [4.78, 5) is 12.6. The molecule has 0 saturated heterocycles. The first-order chi connectivity index (χ1) is 7.40. The number of aliphatic carboxylic acids is 1. The molecule has 0 spiro atoms. The van der Waals surface area contributed by atoms with Gasteiger partial charge in [0.25, 0.3) is 0 Å². The van der Waals surface area contributed by atoms with E-state index in [1.807, 2.05) is 18.0 Å². The van der Waals surface area contributed by atoms with Crippen molar-refractivity contribution in [3.8, 4) is 0 Å². The van der Waals surface area contributed by atoms with E-state index in [-0.39, 0.29) is 5.92 Å². The molecular formula is C10H13Br2NO3. The number of carboxylic acid groups (broad SMARTS) is 1. The summed E-state index contributed by atoms with van der Waals surface area (Å²) < 4.78 is 6.93. The van der Waals surface area contributed by atoms with Crippen molar-refractivity contribution >= 4 is 37.8 Å². The number of nitrogens with zero attached hydrogens (tertiary/aromatic N) is 1. The molecule has 0 radical (unpaired) electrons. The van der Waals surface area contributed by atoms with Crippen LogP contribution in [0, 0.1) is 5.92 Å². The van der Waals surface area contributed by atoms with E-state index in [0.29, 0.717) is 17.8 Å². The molecule has 4 nitrogen and oxygen atoms in total. The molecule has 0 aliphatic rings. The highest BCUT2D eigenvalue weighted by Gasteiger charge is 2.15. The second kappa shape index (κ2) is 5.84. The number of carbonyl (C=O) groups is 1. The van der Waals surface area contributed by atoms with E-state index < -0.39 is 5.97 Å². The fourth-order valence-corrected chi connectivity index (χ4v) is 2.00. The zero-order valence-corrected chi connectivity index (χ0v) is 12.2. The van der Waals surface area contributed by atoms with E-state index in [4.69, 9.17) is 9.52 Å². The summed E-state index contributed by atoms with van der Waals surface area (Å²) in [5.74, 6) is -0.376. The summed E-state index contributed by atoms with van der Waals surface area (Å²) in [5, 5.41) is 8.78. The van der Waals surface area contributed by atoms with Gasteiger partial charge in [-0.1, -0.05) is 6.92 Å². The highest BCUT2D eigenvalue weighted by atomic mass is 79.9. The topological polar surface area (TPSA) is 53.7 Å². The number of furan rings is 1. The molecule has 6 heteroatoms. The van der Waals surface area contributed by atoms with Crippen LogP contribution in [0.1, 0.15) is 12.7 Å². The van der Waals surface area contributed by atoms with E-state index in [2.05, 4.69) is 31.9 Å². The summed E-state index contributed by atoms with van der Waals surface area (Å²) >= 11 is 6.58. The molecule has 1 aromatic heterocycles. The molecule has 1 heterocycles. The van der Waals surface area contributed by atoms with E-state index in [9.17, 15) is 4.79 Å². The van der Waals surface area contributed by atoms with Crippen LogP contribution in [0.5, 0.6) is 0 Å². The van der Waals surface area contributed by atoms with Crippen LogP contribution in [0.15, 0.2) is 19.6 Å². The number of halogens is 2. The van der Waals surface area contributed by atoms with E-state index >= 15 is 0 Å². The van der Waals surface area contributed by atoms with Crippen molar-refractivity contribution in [1.82, 2.24) is 4.90 Å². The second-order valence-electron chi connectivity index (χ2n) is 3.77. The Morgan fingerprint density at radius 1 is 1.62 bits per heavy atom. The molecule has 0 fully saturated rings. The predicted octanol–water partition coefficient (Wildman–Crippen LogP) is 2.96. The monoisotopic (exact) mass is 353 g/mol. The van der Waals surface area contributed by atoms with Crippen molar-refractivity contribution in [2.45, 2.75) is 13.5 Å². The Labute approximate surface area is 111 Å². The molecule has 0 aromatic carbocycles. The van der Waals surface area contributed by atoms with Gasteiger partial charge in [0.1, 0.15) is 5.76 Å². The standard InChI is InChI=1S/C10H13Br2NO3/c1-6(10(14)15)4-13(2)5-7-3-8(11)9(12)16-7/h3,6H,4-5H2,1-2H3,(H,14,15). The van der Waals surface area contributed by atoms with E-state index in [1.54, 1.807) is 6.92 Å². The third-order valence-electron chi connectivity index (χ3n) is 2.13. The Morgan fingerprint density at radius 2 is 2.25 bits per heavy atom. The Morgan fingerprint density at radius 3 is 2.69 bits per heavy atom. The molecule has 0 aliphatic heterocycles. The highest BCUT2D eigenvalue weighted by molar-refractivity contribution is 9.13. The lowest BCUT2D eigenvalue weighted by atomic mass is 10.2. The first-order valence-electron chi connectivity index (χ1n) is 4.75. The minimum absolute atomic E-state index is 0.383. The predicted molar refractivity (Wildman–Crippen MR) is 67.2 cm³/mol. The molecule has 1 unspecified atom stereocenters. The lowest BCUT2D eigenvalue weighted by molar-refractivity contribution is -0.141. The maximum Gasteiger partial charge on any atom is 0.307 e. The van der Waals surface area contributed by atoms with Crippen molar-refractivity contribution in [2.75, 3.05) is 13.6 Å². The molecular weight excluding hydrogens is 342 g/mol. The molecule has 16 heavy (non-hydrogen) atoms. The molecule has 90 valence electrons. The molecule has 0 aliphatic carbocycles.